The van der Waals surface area contributed by atoms with Gasteiger partial charge in [-0.3, -0.25) is 0 Å². The van der Waals surface area contributed by atoms with Crippen LogP contribution in [0.1, 0.15) is 0 Å². The van der Waals surface area contributed by atoms with Crippen molar-refractivity contribution < 1.29 is 0 Å². The van der Waals surface area contributed by atoms with Crippen LogP contribution in [-0.2, 0) is 0 Å². The number of hydrogen-bond acceptors (Lipinski definition) is 0. The normalized spacial score (nSPS) is 12.0. The first-order valence-corrected chi connectivity index (χ1v) is 23.7. The van der Waals surface area contributed by atoms with E-state index in [-0.39, 0.29) is 0 Å². The van der Waals surface area contributed by atoms with E-state index in [9.17, 15) is 0 Å². The Balaban J connectivity index is 0.000000108. The number of hydrogen-bond donors (Lipinski definition) is 1. The molecule has 0 atom stereocenters. The number of halogens is 1. The number of aromatic nitrogens is 2. The number of aromatic amines is 1. The van der Waals surface area contributed by atoms with E-state index in [4.69, 9.17) is 0 Å². The van der Waals surface area contributed by atoms with Crippen molar-refractivity contribution in [1.29, 1.82) is 0 Å². The zero-order valence-electron chi connectivity index (χ0n) is 36.3. The SMILES string of the molecule is Brc1ccc2ccccc2c1.c1ccc2c(c1)-c1cccc3c1c-2cc1c2ccccc2[nH]c31.c1ccc2c(c1)-c1cccc3c1c-2cc1c2ccccc2n(-c2ccc4ccccc4c2)c31. The van der Waals surface area contributed by atoms with Gasteiger partial charge < -0.3 is 9.55 Å². The van der Waals surface area contributed by atoms with Crippen LogP contribution < -0.4 is 0 Å². The Labute approximate surface area is 395 Å². The van der Waals surface area contributed by atoms with Crippen molar-refractivity contribution >= 4 is 103 Å². The van der Waals surface area contributed by atoms with Gasteiger partial charge in [-0.25, -0.2) is 0 Å². The van der Waals surface area contributed by atoms with E-state index >= 15 is 0 Å². The summed E-state index contributed by atoms with van der Waals surface area (Å²) in [6, 6.07) is 83.2. The van der Waals surface area contributed by atoms with Crippen LogP contribution >= 0.6 is 15.9 Å². The molecule has 0 saturated heterocycles. The fourth-order valence-electron chi connectivity index (χ4n) is 11.2. The van der Waals surface area contributed by atoms with Gasteiger partial charge in [-0.1, -0.05) is 198 Å². The molecule has 312 valence electrons. The van der Waals surface area contributed by atoms with Crippen molar-refractivity contribution in [2.24, 2.45) is 0 Å². The first-order chi connectivity index (χ1) is 33.2. The van der Waals surface area contributed by atoms with Gasteiger partial charge in [0.05, 0.1) is 16.6 Å². The molecular weight excluding hydrogens is 877 g/mol. The van der Waals surface area contributed by atoms with Crippen LogP contribution in [0.25, 0.3) is 137 Å². The lowest BCUT2D eigenvalue weighted by Gasteiger charge is -2.12. The third-order valence-electron chi connectivity index (χ3n) is 14.1. The molecule has 2 nitrogen and oxygen atoms in total. The molecule has 2 aliphatic rings. The van der Waals surface area contributed by atoms with Gasteiger partial charge in [-0.15, -0.1) is 0 Å². The Morgan fingerprint density at radius 2 is 0.806 bits per heavy atom. The largest absolute Gasteiger partial charge is 0.354 e. The highest BCUT2D eigenvalue weighted by Gasteiger charge is 2.26. The molecule has 0 bridgehead atoms. The Kier molecular flexibility index (Phi) is 8.47. The summed E-state index contributed by atoms with van der Waals surface area (Å²) in [6.07, 6.45) is 0. The van der Waals surface area contributed by atoms with E-state index in [0.29, 0.717) is 0 Å². The third-order valence-corrected chi connectivity index (χ3v) is 14.6. The lowest BCUT2D eigenvalue weighted by atomic mass is 9.99. The second-order valence-corrected chi connectivity index (χ2v) is 18.7. The van der Waals surface area contributed by atoms with Gasteiger partial charge in [0, 0.05) is 48.0 Å². The first-order valence-electron chi connectivity index (χ1n) is 22.9. The minimum Gasteiger partial charge on any atom is -0.354 e. The highest BCUT2D eigenvalue weighted by Crippen LogP contribution is 2.52. The summed E-state index contributed by atoms with van der Waals surface area (Å²) in [4.78, 5) is 3.63. The number of para-hydroxylation sites is 2. The van der Waals surface area contributed by atoms with Crippen molar-refractivity contribution in [2.45, 2.75) is 0 Å². The van der Waals surface area contributed by atoms with Gasteiger partial charge in [0.15, 0.2) is 0 Å². The van der Waals surface area contributed by atoms with Crippen molar-refractivity contribution in [3.63, 3.8) is 0 Å². The molecule has 14 aromatic rings. The summed E-state index contributed by atoms with van der Waals surface area (Å²) in [5.74, 6) is 0. The van der Waals surface area contributed by atoms with Crippen molar-refractivity contribution in [1.82, 2.24) is 9.55 Å². The lowest BCUT2D eigenvalue weighted by Crippen LogP contribution is -1.94. The standard InChI is InChI=1S/C32H19N.C22H13N.C10H7Br/c1-2-9-21-18-22(17-16-20(21)8-1)33-30-15-6-5-12-25(30)29-19-28-24-11-4-3-10-23(24)26-13-7-14-27(31(26)28)32(29)33;1-2-7-14-13(6-1)16-9-5-10-17-21(16)18(14)12-19-15-8-3-4-11-20(15)23-22(17)19;11-10-6-5-8-3-1-2-4-9(8)7-10/h1-19H;1-12,23H;1-7H. The van der Waals surface area contributed by atoms with E-state index < -0.39 is 0 Å². The van der Waals surface area contributed by atoms with Crippen molar-refractivity contribution in [2.75, 3.05) is 0 Å². The molecule has 0 aliphatic heterocycles. The molecule has 3 heteroatoms. The van der Waals surface area contributed by atoms with E-state index in [0.717, 1.165) is 4.47 Å². The number of benzene rings is 12. The average Bonchev–Trinajstić information content (AvgIpc) is 4.13. The number of H-pyrrole nitrogens is 1. The summed E-state index contributed by atoms with van der Waals surface area (Å²) in [5.41, 5.74) is 17.0. The quantitative estimate of drug-likeness (QED) is 0.169. The smallest absolute Gasteiger partial charge is 0.0620 e. The van der Waals surface area contributed by atoms with Gasteiger partial charge >= 0.3 is 0 Å². The molecule has 0 spiro atoms. The molecule has 67 heavy (non-hydrogen) atoms. The van der Waals surface area contributed by atoms with Crippen molar-refractivity contribution in [3.8, 4) is 50.2 Å². The Hall–Kier alpha value is -8.24. The maximum atomic E-state index is 3.63. The molecule has 2 aliphatic carbocycles. The first kappa shape index (κ1) is 38.1. The lowest BCUT2D eigenvalue weighted by molar-refractivity contribution is 1.19. The minimum absolute atomic E-state index is 1.14. The average molecular weight is 916 g/mol. The maximum absolute atomic E-state index is 3.63. The van der Waals surface area contributed by atoms with Crippen LogP contribution in [0.4, 0.5) is 0 Å². The molecule has 0 radical (unpaired) electrons. The monoisotopic (exact) mass is 914 g/mol. The molecule has 0 fully saturated rings. The predicted octanol–water partition coefficient (Wildman–Crippen LogP) is 18.5. The second kappa shape index (κ2) is 14.9. The maximum Gasteiger partial charge on any atom is 0.0620 e. The molecule has 0 unspecified atom stereocenters. The van der Waals surface area contributed by atoms with Gasteiger partial charge in [0.25, 0.3) is 0 Å². The molecule has 0 saturated carbocycles. The number of rotatable bonds is 1. The third kappa shape index (κ3) is 5.81. The van der Waals surface area contributed by atoms with E-state index in [2.05, 4.69) is 256 Å². The molecule has 16 rings (SSSR count). The minimum atomic E-state index is 1.14. The number of nitrogens with zero attached hydrogens (tertiary/aromatic N) is 1. The molecule has 1 N–H and O–H groups in total. The predicted molar refractivity (Wildman–Crippen MR) is 290 cm³/mol. The van der Waals surface area contributed by atoms with Crippen LogP contribution in [0.15, 0.2) is 235 Å². The van der Waals surface area contributed by atoms with Crippen LogP contribution in [0.2, 0.25) is 0 Å². The van der Waals surface area contributed by atoms with E-state index in [1.54, 1.807) is 0 Å². The van der Waals surface area contributed by atoms with Crippen LogP contribution in [0.3, 0.4) is 0 Å². The van der Waals surface area contributed by atoms with Crippen LogP contribution in [0.5, 0.6) is 0 Å². The zero-order chi connectivity index (χ0) is 44.2. The second-order valence-electron chi connectivity index (χ2n) is 17.8. The van der Waals surface area contributed by atoms with Crippen molar-refractivity contribution in [3.05, 3.63) is 235 Å². The summed E-state index contributed by atoms with van der Waals surface area (Å²) in [5, 5.41) is 15.7. The summed E-state index contributed by atoms with van der Waals surface area (Å²) < 4.78 is 3.60. The summed E-state index contributed by atoms with van der Waals surface area (Å²) in [7, 11) is 0. The van der Waals surface area contributed by atoms with E-state index in [1.165, 1.54) is 137 Å². The molecule has 2 aromatic heterocycles. The Morgan fingerprint density at radius 1 is 0.313 bits per heavy atom. The fraction of sp³-hybridized carbons (Fsp3) is 0. The molecule has 0 amide bonds. The Morgan fingerprint density at radius 3 is 1.51 bits per heavy atom. The summed E-state index contributed by atoms with van der Waals surface area (Å²) >= 11 is 3.43. The number of nitrogens with one attached hydrogen (secondary N) is 1. The summed E-state index contributed by atoms with van der Waals surface area (Å²) in [6.45, 7) is 0. The highest BCUT2D eigenvalue weighted by atomic mass is 79.9. The van der Waals surface area contributed by atoms with Crippen LogP contribution in [-0.4, -0.2) is 9.55 Å². The fourth-order valence-corrected chi connectivity index (χ4v) is 11.6. The number of fused-ring (bicyclic) bond motifs is 16. The van der Waals surface area contributed by atoms with Gasteiger partial charge in [0.1, 0.15) is 0 Å². The van der Waals surface area contributed by atoms with Gasteiger partial charge in [-0.05, 0) is 125 Å². The molecule has 2 heterocycles. The molecular formula is C64H39BrN2. The van der Waals surface area contributed by atoms with Gasteiger partial charge in [-0.2, -0.15) is 0 Å². The Bertz CT molecular complexity index is 4360. The van der Waals surface area contributed by atoms with Crippen LogP contribution in [0, 0.1) is 0 Å². The highest BCUT2D eigenvalue weighted by molar-refractivity contribution is 9.10. The van der Waals surface area contributed by atoms with E-state index in [1.807, 2.05) is 0 Å². The van der Waals surface area contributed by atoms with Gasteiger partial charge in [0.2, 0.25) is 0 Å². The zero-order valence-corrected chi connectivity index (χ0v) is 37.9. The topological polar surface area (TPSA) is 20.7 Å². The molecule has 12 aromatic carbocycles.